The Hall–Kier alpha value is -1.08. The van der Waals surface area contributed by atoms with Crippen molar-refractivity contribution in [2.24, 2.45) is 11.3 Å². The SMILES string of the molecule is CC1(C)C=C(c2ccccc2)[C@H]2CCO[C@]2(C)C1. The van der Waals surface area contributed by atoms with Gasteiger partial charge in [-0.1, -0.05) is 50.3 Å². The van der Waals surface area contributed by atoms with E-state index in [-0.39, 0.29) is 11.0 Å². The van der Waals surface area contributed by atoms with Crippen LogP contribution in [0.3, 0.4) is 0 Å². The molecule has 1 aliphatic heterocycles. The Morgan fingerprint density at radius 3 is 2.56 bits per heavy atom. The Labute approximate surface area is 110 Å². The highest BCUT2D eigenvalue weighted by Crippen LogP contribution is 2.52. The first-order valence-electron chi connectivity index (χ1n) is 6.92. The number of ether oxygens (including phenoxy) is 1. The van der Waals surface area contributed by atoms with E-state index in [9.17, 15) is 0 Å². The highest BCUT2D eigenvalue weighted by Gasteiger charge is 2.48. The van der Waals surface area contributed by atoms with Crippen LogP contribution in [0, 0.1) is 11.3 Å². The summed E-state index contributed by atoms with van der Waals surface area (Å²) in [5, 5.41) is 0. The molecule has 0 radical (unpaired) electrons. The molecule has 18 heavy (non-hydrogen) atoms. The van der Waals surface area contributed by atoms with Gasteiger partial charge in [0.25, 0.3) is 0 Å². The van der Waals surface area contributed by atoms with E-state index in [1.54, 1.807) is 0 Å². The van der Waals surface area contributed by atoms with E-state index in [1.807, 2.05) is 0 Å². The van der Waals surface area contributed by atoms with Crippen LogP contribution in [0.5, 0.6) is 0 Å². The molecule has 0 spiro atoms. The second kappa shape index (κ2) is 3.96. The van der Waals surface area contributed by atoms with Crippen molar-refractivity contribution >= 4 is 5.57 Å². The molecule has 0 bridgehead atoms. The third-order valence-electron chi connectivity index (χ3n) is 4.41. The van der Waals surface area contributed by atoms with Gasteiger partial charge in [0.05, 0.1) is 5.60 Å². The summed E-state index contributed by atoms with van der Waals surface area (Å²) in [6.45, 7) is 7.84. The Bertz CT molecular complexity index is 472. The Morgan fingerprint density at radius 2 is 1.83 bits per heavy atom. The number of rotatable bonds is 1. The molecule has 1 saturated heterocycles. The summed E-state index contributed by atoms with van der Waals surface area (Å²) < 4.78 is 6.09. The second-order valence-electron chi connectivity index (χ2n) is 6.63. The quantitative estimate of drug-likeness (QED) is 0.713. The lowest BCUT2D eigenvalue weighted by atomic mass is 9.65. The van der Waals surface area contributed by atoms with Crippen molar-refractivity contribution in [1.29, 1.82) is 0 Å². The van der Waals surface area contributed by atoms with Crippen molar-refractivity contribution in [2.75, 3.05) is 6.61 Å². The van der Waals surface area contributed by atoms with Gasteiger partial charge in [0.2, 0.25) is 0 Å². The van der Waals surface area contributed by atoms with Crippen LogP contribution in [0.4, 0.5) is 0 Å². The average Bonchev–Trinajstić information content (AvgIpc) is 2.68. The molecule has 1 aliphatic carbocycles. The summed E-state index contributed by atoms with van der Waals surface area (Å²) in [4.78, 5) is 0. The number of allylic oxidation sites excluding steroid dienone is 1. The average molecular weight is 242 g/mol. The third-order valence-corrected chi connectivity index (χ3v) is 4.41. The van der Waals surface area contributed by atoms with Crippen LogP contribution in [0.25, 0.3) is 5.57 Å². The first-order chi connectivity index (χ1) is 8.50. The number of fused-ring (bicyclic) bond motifs is 1. The van der Waals surface area contributed by atoms with Crippen LogP contribution >= 0.6 is 0 Å². The molecule has 96 valence electrons. The van der Waals surface area contributed by atoms with E-state index in [0.717, 1.165) is 19.4 Å². The van der Waals surface area contributed by atoms with Crippen LogP contribution in [-0.4, -0.2) is 12.2 Å². The molecule has 3 rings (SSSR count). The lowest BCUT2D eigenvalue weighted by Gasteiger charge is -2.43. The van der Waals surface area contributed by atoms with Gasteiger partial charge in [-0.25, -0.2) is 0 Å². The number of hydrogen-bond acceptors (Lipinski definition) is 1. The molecule has 0 aromatic heterocycles. The summed E-state index contributed by atoms with van der Waals surface area (Å²) in [5.74, 6) is 0.563. The van der Waals surface area contributed by atoms with Gasteiger partial charge in [0, 0.05) is 12.5 Å². The van der Waals surface area contributed by atoms with Gasteiger partial charge in [-0.3, -0.25) is 0 Å². The molecule has 1 heteroatoms. The maximum atomic E-state index is 6.09. The molecule has 1 fully saturated rings. The largest absolute Gasteiger partial charge is 0.375 e. The summed E-state index contributed by atoms with van der Waals surface area (Å²) >= 11 is 0. The van der Waals surface area contributed by atoms with Gasteiger partial charge in [-0.2, -0.15) is 0 Å². The zero-order chi connectivity index (χ0) is 12.8. The van der Waals surface area contributed by atoms with E-state index in [2.05, 4.69) is 57.2 Å². The van der Waals surface area contributed by atoms with E-state index in [4.69, 9.17) is 4.74 Å². The molecule has 0 N–H and O–H groups in total. The monoisotopic (exact) mass is 242 g/mol. The van der Waals surface area contributed by atoms with Gasteiger partial charge >= 0.3 is 0 Å². The first-order valence-corrected chi connectivity index (χ1v) is 6.92. The fraction of sp³-hybridized carbons (Fsp3) is 0.529. The van der Waals surface area contributed by atoms with Crippen molar-refractivity contribution in [3.05, 3.63) is 42.0 Å². The minimum absolute atomic E-state index is 0.0312. The molecule has 0 unspecified atom stereocenters. The lowest BCUT2D eigenvalue weighted by Crippen LogP contribution is -2.40. The van der Waals surface area contributed by atoms with Gasteiger partial charge in [-0.05, 0) is 36.3 Å². The summed E-state index contributed by atoms with van der Waals surface area (Å²) in [6.07, 6.45) is 4.76. The van der Waals surface area contributed by atoms with E-state index < -0.39 is 0 Å². The van der Waals surface area contributed by atoms with E-state index in [1.165, 1.54) is 11.1 Å². The first kappa shape index (κ1) is 12.0. The van der Waals surface area contributed by atoms with E-state index in [0.29, 0.717) is 5.92 Å². The molecular weight excluding hydrogens is 220 g/mol. The maximum absolute atomic E-state index is 6.09. The maximum Gasteiger partial charge on any atom is 0.0731 e. The van der Waals surface area contributed by atoms with Gasteiger partial charge in [0.1, 0.15) is 0 Å². The normalized spacial score (nSPS) is 33.9. The smallest absolute Gasteiger partial charge is 0.0731 e. The van der Waals surface area contributed by atoms with Crippen molar-refractivity contribution in [1.82, 2.24) is 0 Å². The number of hydrogen-bond donors (Lipinski definition) is 0. The van der Waals surface area contributed by atoms with Gasteiger partial charge < -0.3 is 4.74 Å². The molecule has 0 saturated carbocycles. The van der Waals surface area contributed by atoms with Crippen LogP contribution in [0.15, 0.2) is 36.4 Å². The van der Waals surface area contributed by atoms with Gasteiger partial charge in [-0.15, -0.1) is 0 Å². The Balaban J connectivity index is 2.09. The standard InChI is InChI=1S/C17H22O/c1-16(2)11-14(13-7-5-4-6-8-13)15-9-10-18-17(15,3)12-16/h4-8,11,15H,9-10,12H2,1-3H3/t15-,17-/m1/s1. The summed E-state index contributed by atoms with van der Waals surface area (Å²) in [7, 11) is 0. The highest BCUT2D eigenvalue weighted by molar-refractivity contribution is 5.70. The predicted octanol–water partition coefficient (Wildman–Crippen LogP) is 4.30. The zero-order valence-electron chi connectivity index (χ0n) is 11.6. The summed E-state index contributed by atoms with van der Waals surface area (Å²) in [5.41, 5.74) is 3.11. The topological polar surface area (TPSA) is 9.23 Å². The van der Waals surface area contributed by atoms with Crippen molar-refractivity contribution < 1.29 is 4.74 Å². The fourth-order valence-electron chi connectivity index (χ4n) is 3.87. The molecule has 1 aromatic carbocycles. The predicted molar refractivity (Wildman–Crippen MR) is 75.3 cm³/mol. The molecule has 2 atom stereocenters. The molecular formula is C17H22O. The Kier molecular flexibility index (Phi) is 2.63. The van der Waals surface area contributed by atoms with Crippen molar-refractivity contribution in [3.8, 4) is 0 Å². The molecule has 1 aromatic rings. The second-order valence-corrected chi connectivity index (χ2v) is 6.63. The van der Waals surface area contributed by atoms with Crippen LogP contribution in [0.2, 0.25) is 0 Å². The Morgan fingerprint density at radius 1 is 1.11 bits per heavy atom. The van der Waals surface area contributed by atoms with E-state index >= 15 is 0 Å². The molecule has 0 amide bonds. The minimum Gasteiger partial charge on any atom is -0.375 e. The zero-order valence-corrected chi connectivity index (χ0v) is 11.6. The van der Waals surface area contributed by atoms with Gasteiger partial charge in [0.15, 0.2) is 0 Å². The molecule has 1 heterocycles. The van der Waals surface area contributed by atoms with Crippen molar-refractivity contribution in [2.45, 2.75) is 39.2 Å². The number of benzene rings is 1. The fourth-order valence-corrected chi connectivity index (χ4v) is 3.87. The lowest BCUT2D eigenvalue weighted by molar-refractivity contribution is -0.0244. The van der Waals surface area contributed by atoms with Crippen LogP contribution in [-0.2, 0) is 4.74 Å². The molecule has 1 nitrogen and oxygen atoms in total. The molecule has 2 aliphatic rings. The highest BCUT2D eigenvalue weighted by atomic mass is 16.5. The summed E-state index contributed by atoms with van der Waals surface area (Å²) in [6, 6.07) is 10.8. The van der Waals surface area contributed by atoms with Crippen LogP contribution in [0.1, 0.15) is 39.2 Å². The minimum atomic E-state index is 0.0312. The van der Waals surface area contributed by atoms with Crippen molar-refractivity contribution in [3.63, 3.8) is 0 Å². The van der Waals surface area contributed by atoms with Crippen LogP contribution < -0.4 is 0 Å². The third kappa shape index (κ3) is 1.91.